The first-order chi connectivity index (χ1) is 14.9. The van der Waals surface area contributed by atoms with E-state index in [0.717, 1.165) is 17.8 Å². The standard InChI is InChI=1S/C22H17F6N3O/c1-13-5-3-4-6-16(13)17-7-8-29-11-18(17)31(12-21(23,24)25)20(32)15-9-14(2)30-19(10-15)22(26,27)28/h3-11H,12H2,1-2H3. The van der Waals surface area contributed by atoms with Crippen molar-refractivity contribution in [3.8, 4) is 11.1 Å². The van der Waals surface area contributed by atoms with E-state index in [1.807, 2.05) is 0 Å². The van der Waals surface area contributed by atoms with Gasteiger partial charge < -0.3 is 0 Å². The molecule has 10 heteroatoms. The Hall–Kier alpha value is -3.43. The highest BCUT2D eigenvalue weighted by atomic mass is 19.4. The number of aryl methyl sites for hydroxylation is 2. The lowest BCUT2D eigenvalue weighted by Crippen LogP contribution is -2.39. The van der Waals surface area contributed by atoms with Gasteiger partial charge in [-0.3, -0.25) is 14.7 Å². The lowest BCUT2D eigenvalue weighted by molar-refractivity contribution is -0.141. The summed E-state index contributed by atoms with van der Waals surface area (Å²) in [6.45, 7) is 1.26. The highest BCUT2D eigenvalue weighted by Crippen LogP contribution is 2.35. The average molecular weight is 453 g/mol. The largest absolute Gasteiger partial charge is 0.433 e. The maximum absolute atomic E-state index is 13.4. The molecule has 0 saturated heterocycles. The Bertz CT molecular complexity index is 1140. The second-order valence-electron chi connectivity index (χ2n) is 7.09. The number of anilines is 1. The van der Waals surface area contributed by atoms with Crippen molar-refractivity contribution in [2.75, 3.05) is 11.4 Å². The van der Waals surface area contributed by atoms with Crippen LogP contribution in [0.2, 0.25) is 0 Å². The van der Waals surface area contributed by atoms with Gasteiger partial charge in [-0.1, -0.05) is 24.3 Å². The third kappa shape index (κ3) is 5.24. The highest BCUT2D eigenvalue weighted by Gasteiger charge is 2.37. The fraction of sp³-hybridized carbons (Fsp3) is 0.227. The number of alkyl halides is 6. The summed E-state index contributed by atoms with van der Waals surface area (Å²) in [6, 6.07) is 9.77. The molecule has 0 spiro atoms. The van der Waals surface area contributed by atoms with Gasteiger partial charge in [0, 0.05) is 23.0 Å². The predicted octanol–water partition coefficient (Wildman–Crippen LogP) is 5.99. The van der Waals surface area contributed by atoms with Crippen molar-refractivity contribution in [1.29, 1.82) is 0 Å². The number of halogens is 6. The number of rotatable bonds is 4. The molecule has 0 atom stereocenters. The summed E-state index contributed by atoms with van der Waals surface area (Å²) in [6.07, 6.45) is -7.23. The van der Waals surface area contributed by atoms with E-state index in [9.17, 15) is 31.1 Å². The Morgan fingerprint density at radius 1 is 0.969 bits per heavy atom. The lowest BCUT2D eigenvalue weighted by Gasteiger charge is -2.27. The molecule has 0 aliphatic carbocycles. The van der Waals surface area contributed by atoms with Crippen LogP contribution in [0.25, 0.3) is 11.1 Å². The fourth-order valence-corrected chi connectivity index (χ4v) is 3.24. The zero-order valence-corrected chi connectivity index (χ0v) is 16.9. The average Bonchev–Trinajstić information content (AvgIpc) is 2.70. The van der Waals surface area contributed by atoms with Gasteiger partial charge in [0.25, 0.3) is 5.91 Å². The lowest BCUT2D eigenvalue weighted by atomic mass is 9.99. The van der Waals surface area contributed by atoms with E-state index in [-0.39, 0.29) is 16.9 Å². The summed E-state index contributed by atoms with van der Waals surface area (Å²) in [4.78, 5) is 20.7. The molecular weight excluding hydrogens is 436 g/mol. The minimum absolute atomic E-state index is 0.152. The Balaban J connectivity index is 2.18. The molecule has 0 radical (unpaired) electrons. The summed E-state index contributed by atoms with van der Waals surface area (Å²) in [5.41, 5.74) is -0.665. The number of carbonyl (C=O) groups excluding carboxylic acids is 1. The van der Waals surface area contributed by atoms with Crippen molar-refractivity contribution in [3.63, 3.8) is 0 Å². The number of amides is 1. The Morgan fingerprint density at radius 2 is 1.66 bits per heavy atom. The molecule has 0 saturated carbocycles. The van der Waals surface area contributed by atoms with Crippen molar-refractivity contribution >= 4 is 11.6 Å². The molecule has 3 rings (SSSR count). The minimum Gasteiger partial charge on any atom is -0.297 e. The minimum atomic E-state index is -4.86. The Morgan fingerprint density at radius 3 is 2.28 bits per heavy atom. The third-order valence-corrected chi connectivity index (χ3v) is 4.60. The van der Waals surface area contributed by atoms with Crippen LogP contribution in [0.4, 0.5) is 32.0 Å². The van der Waals surface area contributed by atoms with Gasteiger partial charge in [0.15, 0.2) is 0 Å². The summed E-state index contributed by atoms with van der Waals surface area (Å²) >= 11 is 0. The number of pyridine rings is 2. The van der Waals surface area contributed by atoms with E-state index < -0.39 is 36.1 Å². The second kappa shape index (κ2) is 8.60. The van der Waals surface area contributed by atoms with Gasteiger partial charge in [0.2, 0.25) is 0 Å². The van der Waals surface area contributed by atoms with Crippen molar-refractivity contribution < 1.29 is 31.1 Å². The molecule has 0 aliphatic heterocycles. The van der Waals surface area contributed by atoms with Gasteiger partial charge in [0.05, 0.1) is 11.9 Å². The van der Waals surface area contributed by atoms with Crippen LogP contribution in [0.1, 0.15) is 27.3 Å². The van der Waals surface area contributed by atoms with Gasteiger partial charge >= 0.3 is 12.4 Å². The maximum atomic E-state index is 13.4. The normalized spacial score (nSPS) is 12.0. The number of nitrogens with zero attached hydrogens (tertiary/aromatic N) is 3. The van der Waals surface area contributed by atoms with Crippen LogP contribution >= 0.6 is 0 Å². The number of hydrogen-bond acceptors (Lipinski definition) is 3. The van der Waals surface area contributed by atoms with Gasteiger partial charge in [0.1, 0.15) is 12.2 Å². The van der Waals surface area contributed by atoms with Crippen LogP contribution in [0, 0.1) is 13.8 Å². The molecule has 2 heterocycles. The van der Waals surface area contributed by atoms with Crippen molar-refractivity contribution in [2.24, 2.45) is 0 Å². The smallest absolute Gasteiger partial charge is 0.297 e. The number of aromatic nitrogens is 2. The van der Waals surface area contributed by atoms with Crippen LogP contribution in [-0.2, 0) is 6.18 Å². The highest BCUT2D eigenvalue weighted by molar-refractivity contribution is 6.08. The Labute approximate surface area is 179 Å². The molecule has 0 aliphatic rings. The molecule has 0 fully saturated rings. The number of hydrogen-bond donors (Lipinski definition) is 0. The summed E-state index contributed by atoms with van der Waals surface area (Å²) in [5, 5.41) is 0. The zero-order valence-electron chi connectivity index (χ0n) is 16.9. The van der Waals surface area contributed by atoms with Crippen LogP contribution in [0.3, 0.4) is 0 Å². The SMILES string of the molecule is Cc1cc(C(=O)N(CC(F)(F)F)c2cnccc2-c2ccccc2C)cc(C(F)(F)F)n1. The monoisotopic (exact) mass is 453 g/mol. The van der Waals surface area contributed by atoms with E-state index in [1.165, 1.54) is 19.2 Å². The van der Waals surface area contributed by atoms with E-state index >= 15 is 0 Å². The van der Waals surface area contributed by atoms with Crippen LogP contribution in [0.15, 0.2) is 54.9 Å². The van der Waals surface area contributed by atoms with E-state index in [2.05, 4.69) is 9.97 Å². The second-order valence-corrected chi connectivity index (χ2v) is 7.09. The van der Waals surface area contributed by atoms with Crippen molar-refractivity contribution in [2.45, 2.75) is 26.2 Å². The van der Waals surface area contributed by atoms with Gasteiger partial charge in [-0.2, -0.15) is 26.3 Å². The summed E-state index contributed by atoms with van der Waals surface area (Å²) in [5.74, 6) is -1.25. The zero-order chi connectivity index (χ0) is 23.7. The molecule has 2 aromatic heterocycles. The first-order valence-electron chi connectivity index (χ1n) is 9.31. The Kier molecular flexibility index (Phi) is 6.25. The molecule has 32 heavy (non-hydrogen) atoms. The predicted molar refractivity (Wildman–Crippen MR) is 106 cm³/mol. The molecule has 4 nitrogen and oxygen atoms in total. The van der Waals surface area contributed by atoms with E-state index in [1.54, 1.807) is 31.2 Å². The molecule has 3 aromatic rings. The van der Waals surface area contributed by atoms with Crippen LogP contribution < -0.4 is 4.90 Å². The van der Waals surface area contributed by atoms with Crippen molar-refractivity contribution in [3.05, 3.63) is 77.4 Å². The van der Waals surface area contributed by atoms with Gasteiger partial charge in [-0.05, 0) is 43.2 Å². The number of benzene rings is 1. The molecule has 0 N–H and O–H groups in total. The molecule has 1 amide bonds. The fourth-order valence-electron chi connectivity index (χ4n) is 3.24. The summed E-state index contributed by atoms with van der Waals surface area (Å²) < 4.78 is 79.7. The van der Waals surface area contributed by atoms with E-state index in [0.29, 0.717) is 16.5 Å². The topological polar surface area (TPSA) is 46.1 Å². The van der Waals surface area contributed by atoms with E-state index in [4.69, 9.17) is 0 Å². The number of carbonyl (C=O) groups is 1. The molecular formula is C22H17F6N3O. The first-order valence-corrected chi connectivity index (χ1v) is 9.31. The third-order valence-electron chi connectivity index (χ3n) is 4.60. The van der Waals surface area contributed by atoms with Crippen LogP contribution in [0.5, 0.6) is 0 Å². The quantitative estimate of drug-likeness (QED) is 0.456. The first kappa shape index (κ1) is 23.2. The van der Waals surface area contributed by atoms with Gasteiger partial charge in [-0.15, -0.1) is 0 Å². The molecule has 0 unspecified atom stereocenters. The summed E-state index contributed by atoms with van der Waals surface area (Å²) in [7, 11) is 0. The maximum Gasteiger partial charge on any atom is 0.433 e. The molecule has 168 valence electrons. The molecule has 1 aromatic carbocycles. The molecule has 0 bridgehead atoms. The van der Waals surface area contributed by atoms with Crippen LogP contribution in [-0.4, -0.2) is 28.6 Å². The van der Waals surface area contributed by atoms with Gasteiger partial charge in [-0.25, -0.2) is 4.98 Å². The van der Waals surface area contributed by atoms with Crippen molar-refractivity contribution in [1.82, 2.24) is 9.97 Å².